The van der Waals surface area contributed by atoms with Crippen LogP contribution in [0.2, 0.25) is 0 Å². The van der Waals surface area contributed by atoms with Crippen molar-refractivity contribution in [2.24, 2.45) is 7.05 Å². The fourth-order valence-electron chi connectivity index (χ4n) is 1.33. The number of aromatic nitrogens is 2. The Morgan fingerprint density at radius 3 is 2.93 bits per heavy atom. The quantitative estimate of drug-likeness (QED) is 0.848. The van der Waals surface area contributed by atoms with Gasteiger partial charge < -0.3 is 5.11 Å². The topological polar surface area (TPSA) is 55.1 Å². The predicted octanol–water partition coefficient (Wildman–Crippen LogP) is 2.03. The molecule has 0 saturated carbocycles. The summed E-state index contributed by atoms with van der Waals surface area (Å²) in [6, 6.07) is 3.31. The van der Waals surface area contributed by atoms with Gasteiger partial charge in [0.2, 0.25) is 0 Å². The number of aryl methyl sites for hydroxylation is 1. The first-order valence-electron chi connectivity index (χ1n) is 3.94. The van der Waals surface area contributed by atoms with Crippen molar-refractivity contribution < 1.29 is 9.90 Å². The number of aromatic carboxylic acids is 1. The van der Waals surface area contributed by atoms with E-state index in [9.17, 15) is 4.79 Å². The van der Waals surface area contributed by atoms with Gasteiger partial charge in [0.05, 0.1) is 11.1 Å². The van der Waals surface area contributed by atoms with Crippen molar-refractivity contribution in [3.05, 3.63) is 28.4 Å². The summed E-state index contributed by atoms with van der Waals surface area (Å²) < 4.78 is 2.23. The van der Waals surface area contributed by atoms with E-state index in [-0.39, 0.29) is 5.56 Å². The summed E-state index contributed by atoms with van der Waals surface area (Å²) in [5.74, 6) is -0.954. The second-order valence-corrected chi connectivity index (χ2v) is 3.85. The molecule has 5 heteroatoms. The van der Waals surface area contributed by atoms with E-state index in [0.29, 0.717) is 9.99 Å². The van der Waals surface area contributed by atoms with Crippen molar-refractivity contribution in [3.8, 4) is 0 Å². The van der Waals surface area contributed by atoms with Gasteiger partial charge in [-0.05, 0) is 28.1 Å². The molecule has 0 aliphatic heterocycles. The molecule has 0 amide bonds. The third kappa shape index (κ3) is 1.39. The highest BCUT2D eigenvalue weighted by Crippen LogP contribution is 2.23. The van der Waals surface area contributed by atoms with Crippen LogP contribution in [0, 0.1) is 0 Å². The highest BCUT2D eigenvalue weighted by molar-refractivity contribution is 9.10. The van der Waals surface area contributed by atoms with Crippen LogP contribution >= 0.6 is 15.9 Å². The number of fused-ring (bicyclic) bond motifs is 1. The molecule has 0 fully saturated rings. The molecule has 2 rings (SSSR count). The van der Waals surface area contributed by atoms with Crippen molar-refractivity contribution in [1.82, 2.24) is 9.78 Å². The Balaban J connectivity index is 2.76. The lowest BCUT2D eigenvalue weighted by Crippen LogP contribution is -1.97. The van der Waals surface area contributed by atoms with Crippen LogP contribution in [0.25, 0.3) is 10.9 Å². The zero-order valence-electron chi connectivity index (χ0n) is 7.36. The van der Waals surface area contributed by atoms with Crippen molar-refractivity contribution in [2.75, 3.05) is 0 Å². The maximum Gasteiger partial charge on any atom is 0.336 e. The lowest BCUT2D eigenvalue weighted by Gasteiger charge is -1.97. The molecular weight excluding hydrogens is 248 g/mol. The fourth-order valence-corrected chi connectivity index (χ4v) is 1.86. The maximum absolute atomic E-state index is 10.8. The SMILES string of the molecule is Cn1cc2cc(Br)c(C(=O)O)cc2n1. The smallest absolute Gasteiger partial charge is 0.336 e. The van der Waals surface area contributed by atoms with E-state index in [0.717, 1.165) is 5.39 Å². The average Bonchev–Trinajstić information content (AvgIpc) is 2.42. The lowest BCUT2D eigenvalue weighted by molar-refractivity contribution is 0.0696. The molecule has 14 heavy (non-hydrogen) atoms. The Morgan fingerprint density at radius 1 is 1.57 bits per heavy atom. The molecule has 0 unspecified atom stereocenters. The molecule has 0 atom stereocenters. The highest BCUT2D eigenvalue weighted by Gasteiger charge is 2.10. The minimum Gasteiger partial charge on any atom is -0.478 e. The third-order valence-electron chi connectivity index (χ3n) is 1.94. The zero-order chi connectivity index (χ0) is 10.3. The van der Waals surface area contributed by atoms with Gasteiger partial charge in [0.15, 0.2) is 0 Å². The van der Waals surface area contributed by atoms with E-state index < -0.39 is 5.97 Å². The normalized spacial score (nSPS) is 10.7. The van der Waals surface area contributed by atoms with E-state index in [1.807, 2.05) is 6.20 Å². The molecule has 0 spiro atoms. The summed E-state index contributed by atoms with van der Waals surface area (Å²) in [7, 11) is 1.80. The van der Waals surface area contributed by atoms with E-state index in [1.54, 1.807) is 23.9 Å². The number of carboxylic acids is 1. The summed E-state index contributed by atoms with van der Waals surface area (Å²) in [6.07, 6.45) is 1.84. The predicted molar refractivity (Wildman–Crippen MR) is 55.4 cm³/mol. The van der Waals surface area contributed by atoms with E-state index >= 15 is 0 Å². The summed E-state index contributed by atoms with van der Waals surface area (Å²) in [4.78, 5) is 10.8. The van der Waals surface area contributed by atoms with Gasteiger partial charge in [-0.25, -0.2) is 4.79 Å². The summed E-state index contributed by atoms with van der Waals surface area (Å²) in [5.41, 5.74) is 0.921. The van der Waals surface area contributed by atoms with Crippen LogP contribution < -0.4 is 0 Å². The van der Waals surface area contributed by atoms with Crippen LogP contribution in [0.3, 0.4) is 0 Å². The molecule has 2 aromatic rings. The highest BCUT2D eigenvalue weighted by atomic mass is 79.9. The van der Waals surface area contributed by atoms with Gasteiger partial charge in [0.25, 0.3) is 0 Å². The molecule has 72 valence electrons. The fraction of sp³-hybridized carbons (Fsp3) is 0.111. The number of halogens is 1. The third-order valence-corrected chi connectivity index (χ3v) is 2.59. The largest absolute Gasteiger partial charge is 0.478 e. The Hall–Kier alpha value is -1.36. The first-order valence-corrected chi connectivity index (χ1v) is 4.73. The van der Waals surface area contributed by atoms with E-state index in [4.69, 9.17) is 5.11 Å². The van der Waals surface area contributed by atoms with Crippen molar-refractivity contribution in [2.45, 2.75) is 0 Å². The van der Waals surface area contributed by atoms with Crippen LogP contribution in [-0.2, 0) is 7.05 Å². The molecule has 0 bridgehead atoms. The van der Waals surface area contributed by atoms with Crippen molar-refractivity contribution >= 4 is 32.8 Å². The maximum atomic E-state index is 10.8. The Labute approximate surface area is 88.3 Å². The summed E-state index contributed by atoms with van der Waals surface area (Å²) in [6.45, 7) is 0. The second-order valence-electron chi connectivity index (χ2n) is 3.00. The summed E-state index contributed by atoms with van der Waals surface area (Å²) in [5, 5.41) is 13.9. The minimum atomic E-state index is -0.954. The monoisotopic (exact) mass is 254 g/mol. The number of nitrogens with zero attached hydrogens (tertiary/aromatic N) is 2. The molecule has 1 aromatic carbocycles. The molecule has 1 heterocycles. The zero-order valence-corrected chi connectivity index (χ0v) is 8.95. The molecule has 0 radical (unpaired) electrons. The molecule has 0 saturated heterocycles. The number of carboxylic acid groups (broad SMARTS) is 1. The van der Waals surface area contributed by atoms with Crippen LogP contribution in [0.4, 0.5) is 0 Å². The van der Waals surface area contributed by atoms with Crippen LogP contribution in [0.15, 0.2) is 22.8 Å². The van der Waals surface area contributed by atoms with Gasteiger partial charge in [0, 0.05) is 23.1 Å². The van der Waals surface area contributed by atoms with Crippen LogP contribution in [-0.4, -0.2) is 20.9 Å². The van der Waals surface area contributed by atoms with E-state index in [2.05, 4.69) is 21.0 Å². The van der Waals surface area contributed by atoms with E-state index in [1.165, 1.54) is 0 Å². The number of hydrogen-bond acceptors (Lipinski definition) is 2. The molecular formula is C9H7BrN2O2. The van der Waals surface area contributed by atoms with Gasteiger partial charge in [-0.1, -0.05) is 0 Å². The number of carbonyl (C=O) groups is 1. The lowest BCUT2D eigenvalue weighted by atomic mass is 10.2. The Kier molecular flexibility index (Phi) is 2.03. The minimum absolute atomic E-state index is 0.233. The average molecular weight is 255 g/mol. The number of hydrogen-bond donors (Lipinski definition) is 1. The Morgan fingerprint density at radius 2 is 2.29 bits per heavy atom. The Bertz CT molecular complexity index is 519. The summed E-state index contributed by atoms with van der Waals surface area (Å²) >= 11 is 3.21. The number of benzene rings is 1. The van der Waals surface area contributed by atoms with Crippen LogP contribution in [0.1, 0.15) is 10.4 Å². The van der Waals surface area contributed by atoms with Gasteiger partial charge in [-0.15, -0.1) is 0 Å². The van der Waals surface area contributed by atoms with Crippen molar-refractivity contribution in [3.63, 3.8) is 0 Å². The van der Waals surface area contributed by atoms with Crippen molar-refractivity contribution in [1.29, 1.82) is 0 Å². The molecule has 4 nitrogen and oxygen atoms in total. The second kappa shape index (κ2) is 3.09. The van der Waals surface area contributed by atoms with Gasteiger partial charge in [-0.3, -0.25) is 4.68 Å². The first-order chi connectivity index (χ1) is 6.58. The molecule has 0 aliphatic carbocycles. The molecule has 1 aromatic heterocycles. The molecule has 0 aliphatic rings. The van der Waals surface area contributed by atoms with Gasteiger partial charge in [-0.2, -0.15) is 5.10 Å². The van der Waals surface area contributed by atoms with Gasteiger partial charge in [0.1, 0.15) is 0 Å². The molecule has 1 N–H and O–H groups in total. The van der Waals surface area contributed by atoms with Crippen LogP contribution in [0.5, 0.6) is 0 Å². The van der Waals surface area contributed by atoms with Gasteiger partial charge >= 0.3 is 5.97 Å². The first kappa shape index (κ1) is 9.21. The standard InChI is InChI=1S/C9H7BrN2O2/c1-12-4-5-2-7(10)6(9(13)14)3-8(5)11-12/h2-4H,1H3,(H,13,14). The number of rotatable bonds is 1.